The summed E-state index contributed by atoms with van der Waals surface area (Å²) in [4.78, 5) is 27.2. The van der Waals surface area contributed by atoms with Gasteiger partial charge in [-0.15, -0.1) is 0 Å². The highest BCUT2D eigenvalue weighted by Crippen LogP contribution is 2.38. The smallest absolute Gasteiger partial charge is 0.319 e. The Balaban J connectivity index is 1.60. The molecule has 4 nitrogen and oxygen atoms in total. The van der Waals surface area contributed by atoms with Crippen LogP contribution in [0.15, 0.2) is 60.7 Å². The van der Waals surface area contributed by atoms with Crippen molar-refractivity contribution in [2.75, 3.05) is 6.54 Å². The summed E-state index contributed by atoms with van der Waals surface area (Å²) in [6.45, 7) is 0.281. The van der Waals surface area contributed by atoms with Crippen molar-refractivity contribution in [2.24, 2.45) is 0 Å². The van der Waals surface area contributed by atoms with E-state index >= 15 is 0 Å². The molecule has 1 aliphatic carbocycles. The van der Waals surface area contributed by atoms with Gasteiger partial charge in [-0.3, -0.25) is 9.69 Å². The Labute approximate surface area is 153 Å². The predicted molar refractivity (Wildman–Crippen MR) is 101 cm³/mol. The van der Waals surface area contributed by atoms with E-state index < -0.39 is 5.54 Å². The number of nitrogens with zero attached hydrogens (tertiary/aromatic N) is 1. The van der Waals surface area contributed by atoms with Crippen molar-refractivity contribution < 1.29 is 9.59 Å². The fourth-order valence-electron chi connectivity index (χ4n) is 4.00. The quantitative estimate of drug-likeness (QED) is 0.858. The lowest BCUT2D eigenvalue weighted by Gasteiger charge is -2.27. The standard InChI is InChI=1S/C22H22N2O2/c25-20-22(15-7-6-13-18-12-4-5-14-19(18)22)23-21(26)24(20)16-8-11-17-9-2-1-3-10-17/h1-5,8-12,14H,6-7,13,15-16H2,(H,23,26)/b11-8+/t22-/m0/s1. The maximum absolute atomic E-state index is 13.3. The SMILES string of the molecule is O=C1N[C@]2(CCCCc3ccccc32)C(=O)N1C/C=C/c1ccccc1. The third-order valence-corrected chi connectivity index (χ3v) is 5.30. The lowest BCUT2D eigenvalue weighted by atomic mass is 9.84. The fourth-order valence-corrected chi connectivity index (χ4v) is 4.00. The number of amides is 3. The molecule has 1 atom stereocenters. The third kappa shape index (κ3) is 2.81. The molecule has 2 aromatic carbocycles. The summed E-state index contributed by atoms with van der Waals surface area (Å²) in [6, 6.07) is 17.6. The normalized spacial score (nSPS) is 22.5. The van der Waals surface area contributed by atoms with Crippen molar-refractivity contribution in [1.29, 1.82) is 0 Å². The molecule has 4 rings (SSSR count). The molecule has 1 saturated heterocycles. The molecule has 3 amide bonds. The third-order valence-electron chi connectivity index (χ3n) is 5.30. The second kappa shape index (κ2) is 6.79. The number of nitrogens with one attached hydrogen (secondary N) is 1. The highest BCUT2D eigenvalue weighted by molar-refractivity contribution is 6.07. The van der Waals surface area contributed by atoms with Crippen LogP contribution < -0.4 is 5.32 Å². The summed E-state index contributed by atoms with van der Waals surface area (Å²) in [5.41, 5.74) is 2.28. The zero-order valence-corrected chi connectivity index (χ0v) is 14.7. The fraction of sp³-hybridized carbons (Fsp3) is 0.273. The maximum atomic E-state index is 13.3. The molecule has 0 radical (unpaired) electrons. The van der Waals surface area contributed by atoms with Crippen LogP contribution in [-0.2, 0) is 16.8 Å². The van der Waals surface area contributed by atoms with Gasteiger partial charge < -0.3 is 5.32 Å². The average molecular weight is 346 g/mol. The number of hydrogen-bond acceptors (Lipinski definition) is 2. The number of urea groups is 1. The van der Waals surface area contributed by atoms with Gasteiger partial charge in [0.1, 0.15) is 5.54 Å². The highest BCUT2D eigenvalue weighted by Gasteiger charge is 2.52. The van der Waals surface area contributed by atoms with Gasteiger partial charge in [-0.25, -0.2) is 4.79 Å². The summed E-state index contributed by atoms with van der Waals surface area (Å²) < 4.78 is 0. The first kappa shape index (κ1) is 16.6. The molecule has 1 spiro atoms. The first-order chi connectivity index (χ1) is 12.7. The van der Waals surface area contributed by atoms with Crippen LogP contribution in [-0.4, -0.2) is 23.4 Å². The zero-order valence-electron chi connectivity index (χ0n) is 14.7. The molecule has 0 saturated carbocycles. The van der Waals surface area contributed by atoms with E-state index in [9.17, 15) is 9.59 Å². The summed E-state index contributed by atoms with van der Waals surface area (Å²) in [5.74, 6) is -0.130. The Bertz CT molecular complexity index is 859. The van der Waals surface area contributed by atoms with Gasteiger partial charge in [0.05, 0.1) is 0 Å². The first-order valence-electron chi connectivity index (χ1n) is 9.15. The molecule has 1 N–H and O–H groups in total. The molecule has 4 heteroatoms. The van der Waals surface area contributed by atoms with Gasteiger partial charge in [-0.2, -0.15) is 0 Å². The number of aryl methyl sites for hydroxylation is 1. The van der Waals surface area contributed by atoms with Gasteiger partial charge in [0.15, 0.2) is 0 Å². The number of hydrogen-bond donors (Lipinski definition) is 1. The number of carbonyl (C=O) groups is 2. The molecule has 2 aromatic rings. The van der Waals surface area contributed by atoms with Crippen LogP contribution in [0.5, 0.6) is 0 Å². The molecule has 0 aromatic heterocycles. The van der Waals surface area contributed by atoms with E-state index in [-0.39, 0.29) is 18.5 Å². The van der Waals surface area contributed by atoms with Crippen molar-refractivity contribution in [3.05, 3.63) is 77.4 Å². The van der Waals surface area contributed by atoms with Crippen LogP contribution in [0.3, 0.4) is 0 Å². The minimum Gasteiger partial charge on any atom is -0.319 e. The lowest BCUT2D eigenvalue weighted by molar-refractivity contribution is -0.131. The molecule has 0 unspecified atom stereocenters. The molecule has 1 aliphatic heterocycles. The maximum Gasteiger partial charge on any atom is 0.325 e. The Morgan fingerprint density at radius 1 is 1.00 bits per heavy atom. The first-order valence-corrected chi connectivity index (χ1v) is 9.15. The van der Waals surface area contributed by atoms with E-state index in [0.29, 0.717) is 6.42 Å². The number of carbonyl (C=O) groups excluding carboxylic acids is 2. The molecular formula is C22H22N2O2. The van der Waals surface area contributed by atoms with Crippen molar-refractivity contribution >= 4 is 18.0 Å². The Morgan fingerprint density at radius 2 is 1.77 bits per heavy atom. The van der Waals surface area contributed by atoms with Gasteiger partial charge >= 0.3 is 6.03 Å². The number of benzene rings is 2. The lowest BCUT2D eigenvalue weighted by Crippen LogP contribution is -2.44. The monoisotopic (exact) mass is 346 g/mol. The second-order valence-electron chi connectivity index (χ2n) is 6.93. The van der Waals surface area contributed by atoms with Crippen LogP contribution in [0.1, 0.15) is 36.0 Å². The van der Waals surface area contributed by atoms with E-state index in [0.717, 1.165) is 30.4 Å². The summed E-state index contributed by atoms with van der Waals surface area (Å²) in [5, 5.41) is 3.02. The largest absolute Gasteiger partial charge is 0.325 e. The van der Waals surface area contributed by atoms with Crippen LogP contribution >= 0.6 is 0 Å². The average Bonchev–Trinajstić information content (AvgIpc) is 2.81. The van der Waals surface area contributed by atoms with Crippen molar-refractivity contribution in [3.8, 4) is 0 Å². The molecule has 2 aliphatic rings. The van der Waals surface area contributed by atoms with Crippen LogP contribution in [0.2, 0.25) is 0 Å². The Hall–Kier alpha value is -2.88. The van der Waals surface area contributed by atoms with Gasteiger partial charge in [-0.05, 0) is 42.4 Å². The topological polar surface area (TPSA) is 49.4 Å². The van der Waals surface area contributed by atoms with E-state index in [1.807, 2.05) is 60.7 Å². The number of fused-ring (bicyclic) bond motifs is 2. The summed E-state index contributed by atoms with van der Waals surface area (Å²) >= 11 is 0. The minimum atomic E-state index is -0.898. The van der Waals surface area contributed by atoms with E-state index in [1.165, 1.54) is 10.5 Å². The Morgan fingerprint density at radius 3 is 2.62 bits per heavy atom. The zero-order chi connectivity index (χ0) is 18.0. The van der Waals surface area contributed by atoms with Gasteiger partial charge in [0.2, 0.25) is 0 Å². The van der Waals surface area contributed by atoms with Crippen molar-refractivity contribution in [2.45, 2.75) is 31.2 Å². The molecule has 26 heavy (non-hydrogen) atoms. The predicted octanol–water partition coefficient (Wildman–Crippen LogP) is 3.87. The van der Waals surface area contributed by atoms with Crippen LogP contribution in [0, 0.1) is 0 Å². The number of rotatable bonds is 3. The van der Waals surface area contributed by atoms with Crippen LogP contribution in [0.4, 0.5) is 4.79 Å². The summed E-state index contributed by atoms with van der Waals surface area (Å²) in [7, 11) is 0. The van der Waals surface area contributed by atoms with Crippen molar-refractivity contribution in [3.63, 3.8) is 0 Å². The van der Waals surface area contributed by atoms with Crippen molar-refractivity contribution in [1.82, 2.24) is 10.2 Å². The van der Waals surface area contributed by atoms with E-state index in [2.05, 4.69) is 11.4 Å². The highest BCUT2D eigenvalue weighted by atomic mass is 16.2. The molecule has 0 bridgehead atoms. The van der Waals surface area contributed by atoms with Crippen LogP contribution in [0.25, 0.3) is 6.08 Å². The van der Waals surface area contributed by atoms with Gasteiger partial charge in [0, 0.05) is 6.54 Å². The Kier molecular flexibility index (Phi) is 4.33. The molecule has 1 fully saturated rings. The molecule has 132 valence electrons. The molecular weight excluding hydrogens is 324 g/mol. The molecule has 1 heterocycles. The van der Waals surface area contributed by atoms with E-state index in [4.69, 9.17) is 0 Å². The summed E-state index contributed by atoms with van der Waals surface area (Å²) in [6.07, 6.45) is 7.38. The van der Waals surface area contributed by atoms with Gasteiger partial charge in [0.25, 0.3) is 5.91 Å². The minimum absolute atomic E-state index is 0.130. The second-order valence-corrected chi connectivity index (χ2v) is 6.93. The number of imide groups is 1. The van der Waals surface area contributed by atoms with Gasteiger partial charge in [-0.1, -0.05) is 66.7 Å². The van der Waals surface area contributed by atoms with E-state index in [1.54, 1.807) is 0 Å².